The van der Waals surface area contributed by atoms with Gasteiger partial charge in [0.2, 0.25) is 5.91 Å². The van der Waals surface area contributed by atoms with Gasteiger partial charge in [-0.05, 0) is 44.2 Å². The van der Waals surface area contributed by atoms with Gasteiger partial charge in [0.1, 0.15) is 0 Å². The molecule has 1 aliphatic carbocycles. The molecule has 0 spiro atoms. The molecule has 2 fully saturated rings. The molecule has 1 aliphatic heterocycles. The van der Waals surface area contributed by atoms with Crippen LogP contribution in [0.25, 0.3) is 0 Å². The maximum atomic E-state index is 12.5. The molecule has 0 bridgehead atoms. The van der Waals surface area contributed by atoms with Gasteiger partial charge in [-0.1, -0.05) is 30.3 Å². The van der Waals surface area contributed by atoms with Crippen molar-refractivity contribution < 1.29 is 4.79 Å². The van der Waals surface area contributed by atoms with Crippen LogP contribution in [0.15, 0.2) is 30.3 Å². The second-order valence-electron chi connectivity index (χ2n) is 5.96. The van der Waals surface area contributed by atoms with Crippen molar-refractivity contribution in [3.05, 3.63) is 35.9 Å². The van der Waals surface area contributed by atoms with Gasteiger partial charge >= 0.3 is 0 Å². The largest absolute Gasteiger partial charge is 0.352 e. The Labute approximate surface area is 114 Å². The fraction of sp³-hybridized carbons (Fsp3) is 0.562. The molecule has 1 amide bonds. The third-order valence-corrected chi connectivity index (χ3v) is 4.35. The molecule has 3 nitrogen and oxygen atoms in total. The van der Waals surface area contributed by atoms with Crippen LogP contribution in [0.1, 0.15) is 31.2 Å². The summed E-state index contributed by atoms with van der Waals surface area (Å²) < 4.78 is 0. The highest BCUT2D eigenvalue weighted by Crippen LogP contribution is 2.48. The Morgan fingerprint density at radius 2 is 2.11 bits per heavy atom. The van der Waals surface area contributed by atoms with E-state index in [1.54, 1.807) is 0 Å². The summed E-state index contributed by atoms with van der Waals surface area (Å²) in [5, 5.41) is 6.59. The Kier molecular flexibility index (Phi) is 3.56. The van der Waals surface area contributed by atoms with Crippen LogP contribution < -0.4 is 10.6 Å². The molecule has 1 aromatic rings. The Morgan fingerprint density at radius 1 is 1.32 bits per heavy atom. The average molecular weight is 258 g/mol. The molecule has 1 unspecified atom stereocenters. The maximum Gasteiger partial charge on any atom is 0.226 e. The molecule has 1 saturated heterocycles. The normalized spacial score (nSPS) is 24.7. The first-order valence-electron chi connectivity index (χ1n) is 7.34. The first kappa shape index (κ1) is 12.7. The molecule has 2 aliphatic rings. The fourth-order valence-electron chi connectivity index (χ4n) is 2.94. The van der Waals surface area contributed by atoms with Crippen LogP contribution in [-0.2, 0) is 11.2 Å². The molecule has 1 atom stereocenters. The number of nitrogens with one attached hydrogen (secondary N) is 2. The summed E-state index contributed by atoms with van der Waals surface area (Å²) in [5.74, 6) is 0.269. The highest BCUT2D eigenvalue weighted by molar-refractivity contribution is 5.85. The summed E-state index contributed by atoms with van der Waals surface area (Å²) in [6, 6.07) is 10.7. The smallest absolute Gasteiger partial charge is 0.226 e. The third kappa shape index (κ3) is 2.98. The Bertz CT molecular complexity index is 433. The highest BCUT2D eigenvalue weighted by Gasteiger charge is 2.49. The van der Waals surface area contributed by atoms with Gasteiger partial charge in [0.05, 0.1) is 5.41 Å². The van der Waals surface area contributed by atoms with Crippen molar-refractivity contribution in [1.29, 1.82) is 0 Å². The van der Waals surface area contributed by atoms with E-state index >= 15 is 0 Å². The number of rotatable bonds is 4. The summed E-state index contributed by atoms with van der Waals surface area (Å²) in [6.07, 6.45) is 5.23. The quantitative estimate of drug-likeness (QED) is 0.866. The van der Waals surface area contributed by atoms with Crippen molar-refractivity contribution in [2.24, 2.45) is 5.41 Å². The zero-order valence-corrected chi connectivity index (χ0v) is 11.3. The SMILES string of the molecule is O=C(NC1CCCNC1)C1(Cc2ccccc2)CC1. The van der Waals surface area contributed by atoms with Gasteiger partial charge in [-0.3, -0.25) is 4.79 Å². The molecular formula is C16H22N2O. The predicted octanol–water partition coefficient (Wildman–Crippen LogP) is 1.88. The number of carbonyl (C=O) groups excluding carboxylic acids is 1. The lowest BCUT2D eigenvalue weighted by atomic mass is 9.94. The van der Waals surface area contributed by atoms with Crippen LogP contribution in [0.2, 0.25) is 0 Å². The van der Waals surface area contributed by atoms with Crippen LogP contribution in [0, 0.1) is 5.41 Å². The molecule has 1 aromatic carbocycles. The second kappa shape index (κ2) is 5.33. The summed E-state index contributed by atoms with van der Waals surface area (Å²) in [6.45, 7) is 2.01. The number of piperidine rings is 1. The molecule has 2 N–H and O–H groups in total. The fourth-order valence-corrected chi connectivity index (χ4v) is 2.94. The molecule has 19 heavy (non-hydrogen) atoms. The number of amides is 1. The Hall–Kier alpha value is -1.35. The Balaban J connectivity index is 1.59. The van der Waals surface area contributed by atoms with Gasteiger partial charge in [0.15, 0.2) is 0 Å². The van der Waals surface area contributed by atoms with Crippen molar-refractivity contribution in [1.82, 2.24) is 10.6 Å². The molecule has 102 valence electrons. The minimum Gasteiger partial charge on any atom is -0.352 e. The van der Waals surface area contributed by atoms with Crippen LogP contribution in [0.4, 0.5) is 0 Å². The van der Waals surface area contributed by atoms with E-state index in [1.165, 1.54) is 5.56 Å². The monoisotopic (exact) mass is 258 g/mol. The molecule has 1 heterocycles. The first-order chi connectivity index (χ1) is 9.28. The first-order valence-corrected chi connectivity index (χ1v) is 7.34. The van der Waals surface area contributed by atoms with E-state index in [0.717, 1.165) is 45.2 Å². The molecule has 0 aromatic heterocycles. The minimum absolute atomic E-state index is 0.112. The number of hydrogen-bond donors (Lipinski definition) is 2. The van der Waals surface area contributed by atoms with Crippen molar-refractivity contribution in [2.45, 2.75) is 38.1 Å². The number of carbonyl (C=O) groups is 1. The van der Waals surface area contributed by atoms with E-state index in [0.29, 0.717) is 6.04 Å². The average Bonchev–Trinajstić information content (AvgIpc) is 3.22. The standard InChI is InChI=1S/C16H22N2O/c19-15(18-14-7-4-10-17-12-14)16(8-9-16)11-13-5-2-1-3-6-13/h1-3,5-6,14,17H,4,7-12H2,(H,18,19). The van der Waals surface area contributed by atoms with Gasteiger partial charge in [-0.2, -0.15) is 0 Å². The van der Waals surface area contributed by atoms with Gasteiger partial charge in [0.25, 0.3) is 0 Å². The Morgan fingerprint density at radius 3 is 2.74 bits per heavy atom. The third-order valence-electron chi connectivity index (χ3n) is 4.35. The van der Waals surface area contributed by atoms with Crippen molar-refractivity contribution in [2.75, 3.05) is 13.1 Å². The van der Waals surface area contributed by atoms with Crippen molar-refractivity contribution in [3.8, 4) is 0 Å². The van der Waals surface area contributed by atoms with Gasteiger partial charge in [0, 0.05) is 12.6 Å². The van der Waals surface area contributed by atoms with E-state index in [1.807, 2.05) is 18.2 Å². The highest BCUT2D eigenvalue weighted by atomic mass is 16.2. The lowest BCUT2D eigenvalue weighted by Crippen LogP contribution is -2.48. The zero-order chi connectivity index (χ0) is 13.1. The van der Waals surface area contributed by atoms with E-state index in [9.17, 15) is 4.79 Å². The van der Waals surface area contributed by atoms with Crippen LogP contribution in [0.3, 0.4) is 0 Å². The summed E-state index contributed by atoms with van der Waals surface area (Å²) in [4.78, 5) is 12.5. The van der Waals surface area contributed by atoms with E-state index < -0.39 is 0 Å². The number of hydrogen-bond acceptors (Lipinski definition) is 2. The zero-order valence-electron chi connectivity index (χ0n) is 11.3. The van der Waals surface area contributed by atoms with E-state index in [-0.39, 0.29) is 11.3 Å². The van der Waals surface area contributed by atoms with E-state index in [2.05, 4.69) is 22.8 Å². The van der Waals surface area contributed by atoms with Crippen molar-refractivity contribution >= 4 is 5.91 Å². The van der Waals surface area contributed by atoms with Gasteiger partial charge in [-0.15, -0.1) is 0 Å². The summed E-state index contributed by atoms with van der Waals surface area (Å²) in [7, 11) is 0. The second-order valence-corrected chi connectivity index (χ2v) is 5.96. The summed E-state index contributed by atoms with van der Waals surface area (Å²) >= 11 is 0. The number of benzene rings is 1. The predicted molar refractivity (Wildman–Crippen MR) is 75.8 cm³/mol. The topological polar surface area (TPSA) is 41.1 Å². The molecule has 3 rings (SSSR count). The van der Waals surface area contributed by atoms with E-state index in [4.69, 9.17) is 0 Å². The molecule has 1 saturated carbocycles. The lowest BCUT2D eigenvalue weighted by Gasteiger charge is -2.26. The molecule has 0 radical (unpaired) electrons. The van der Waals surface area contributed by atoms with Crippen LogP contribution >= 0.6 is 0 Å². The minimum atomic E-state index is -0.112. The van der Waals surface area contributed by atoms with Crippen LogP contribution in [0.5, 0.6) is 0 Å². The van der Waals surface area contributed by atoms with Crippen molar-refractivity contribution in [3.63, 3.8) is 0 Å². The molecular weight excluding hydrogens is 236 g/mol. The van der Waals surface area contributed by atoms with Crippen LogP contribution in [-0.4, -0.2) is 25.0 Å². The maximum absolute atomic E-state index is 12.5. The van der Waals surface area contributed by atoms with Gasteiger partial charge in [-0.25, -0.2) is 0 Å². The molecule has 3 heteroatoms. The lowest BCUT2D eigenvalue weighted by molar-refractivity contribution is -0.127. The summed E-state index contributed by atoms with van der Waals surface area (Å²) in [5.41, 5.74) is 1.16. The van der Waals surface area contributed by atoms with Gasteiger partial charge < -0.3 is 10.6 Å².